The highest BCUT2D eigenvalue weighted by Crippen LogP contribution is 2.26. The first-order valence-electron chi connectivity index (χ1n) is 7.13. The molecule has 0 heterocycles. The zero-order valence-corrected chi connectivity index (χ0v) is 14.7. The zero-order chi connectivity index (χ0) is 19.1. The van der Waals surface area contributed by atoms with E-state index in [1.54, 1.807) is 6.07 Å². The van der Waals surface area contributed by atoms with Crippen molar-refractivity contribution >= 4 is 46.6 Å². The lowest BCUT2D eigenvalue weighted by molar-refractivity contribution is -0.384. The van der Waals surface area contributed by atoms with Gasteiger partial charge in [0.25, 0.3) is 11.6 Å². The molecule has 2 aromatic rings. The van der Waals surface area contributed by atoms with Gasteiger partial charge in [0.05, 0.1) is 21.4 Å². The maximum Gasteiger partial charge on any atom is 0.316 e. The Bertz CT molecular complexity index is 849. The standard InChI is InChI=1S/C16H12ClFN2O5S/c17-11-7-10(20(23)24)5-6-13(11)19-15(21)8-25-16(22)9-26-14-4-2-1-3-12(14)18/h1-7H,8-9H2,(H,19,21). The lowest BCUT2D eigenvalue weighted by Gasteiger charge is -2.08. The SMILES string of the molecule is O=C(COC(=O)CSc1ccccc1F)Nc1ccc([N+](=O)[O-])cc1Cl. The normalized spacial score (nSPS) is 10.2. The smallest absolute Gasteiger partial charge is 0.316 e. The Morgan fingerprint density at radius 2 is 2.00 bits per heavy atom. The molecule has 10 heteroatoms. The zero-order valence-electron chi connectivity index (χ0n) is 13.1. The van der Waals surface area contributed by atoms with Gasteiger partial charge in [-0.15, -0.1) is 11.8 Å². The first kappa shape index (κ1) is 19.7. The van der Waals surface area contributed by atoms with Crippen molar-refractivity contribution in [2.75, 3.05) is 17.7 Å². The van der Waals surface area contributed by atoms with Crippen molar-refractivity contribution in [1.82, 2.24) is 0 Å². The van der Waals surface area contributed by atoms with Crippen LogP contribution in [-0.4, -0.2) is 29.2 Å². The van der Waals surface area contributed by atoms with E-state index in [0.717, 1.165) is 17.8 Å². The first-order chi connectivity index (χ1) is 12.4. The van der Waals surface area contributed by atoms with E-state index in [1.165, 1.54) is 30.3 Å². The third kappa shape index (κ3) is 5.71. The summed E-state index contributed by atoms with van der Waals surface area (Å²) in [5.41, 5.74) is -0.0661. The van der Waals surface area contributed by atoms with E-state index < -0.39 is 29.2 Å². The minimum atomic E-state index is -0.691. The number of nitro groups is 1. The summed E-state index contributed by atoms with van der Waals surface area (Å²) in [6, 6.07) is 9.51. The number of nitrogens with zero attached hydrogens (tertiary/aromatic N) is 1. The molecule has 0 atom stereocenters. The van der Waals surface area contributed by atoms with Crippen LogP contribution in [-0.2, 0) is 14.3 Å². The Balaban J connectivity index is 1.80. The fraction of sp³-hybridized carbons (Fsp3) is 0.125. The Kier molecular flexibility index (Phi) is 6.93. The van der Waals surface area contributed by atoms with Crippen LogP contribution in [0.5, 0.6) is 0 Å². The number of carbonyl (C=O) groups is 2. The molecule has 0 unspecified atom stereocenters. The predicted octanol–water partition coefficient (Wildman–Crippen LogP) is 3.66. The molecule has 1 N–H and O–H groups in total. The highest BCUT2D eigenvalue weighted by molar-refractivity contribution is 8.00. The summed E-state index contributed by atoms with van der Waals surface area (Å²) in [4.78, 5) is 33.7. The number of thioether (sulfide) groups is 1. The van der Waals surface area contributed by atoms with Gasteiger partial charge in [-0.3, -0.25) is 19.7 Å². The Morgan fingerprint density at radius 3 is 2.65 bits per heavy atom. The fourth-order valence-corrected chi connectivity index (χ4v) is 2.75. The summed E-state index contributed by atoms with van der Waals surface area (Å²) in [5, 5.41) is 13.0. The Hall–Kier alpha value is -2.65. The van der Waals surface area contributed by atoms with E-state index in [2.05, 4.69) is 5.32 Å². The second kappa shape index (κ2) is 9.16. The van der Waals surface area contributed by atoms with Gasteiger partial charge in [0, 0.05) is 17.0 Å². The second-order valence-corrected chi connectivity index (χ2v) is 6.27. The molecule has 0 saturated carbocycles. The van der Waals surface area contributed by atoms with Crippen molar-refractivity contribution in [2.45, 2.75) is 4.90 Å². The molecule has 136 valence electrons. The summed E-state index contributed by atoms with van der Waals surface area (Å²) >= 11 is 6.80. The maximum absolute atomic E-state index is 13.4. The van der Waals surface area contributed by atoms with Gasteiger partial charge in [0.15, 0.2) is 6.61 Å². The number of halogens is 2. The molecule has 2 rings (SSSR count). The molecule has 0 aromatic heterocycles. The number of amides is 1. The van der Waals surface area contributed by atoms with Crippen LogP contribution in [0.1, 0.15) is 0 Å². The Labute approximate surface area is 156 Å². The topological polar surface area (TPSA) is 98.5 Å². The number of non-ortho nitro benzene ring substituents is 1. The number of nitrogens with one attached hydrogen (secondary N) is 1. The van der Waals surface area contributed by atoms with Crippen molar-refractivity contribution in [1.29, 1.82) is 0 Å². The van der Waals surface area contributed by atoms with Crippen molar-refractivity contribution in [2.24, 2.45) is 0 Å². The minimum absolute atomic E-state index is 0.0195. The van der Waals surface area contributed by atoms with Crippen molar-refractivity contribution < 1.29 is 23.6 Å². The molecule has 0 fully saturated rings. The average Bonchev–Trinajstić information content (AvgIpc) is 2.60. The number of carbonyl (C=O) groups excluding carboxylic acids is 2. The third-order valence-corrected chi connectivity index (χ3v) is 4.32. The van der Waals surface area contributed by atoms with Gasteiger partial charge in [-0.05, 0) is 18.2 Å². The summed E-state index contributed by atoms with van der Waals surface area (Å²) in [7, 11) is 0. The number of benzene rings is 2. The number of hydrogen-bond acceptors (Lipinski definition) is 6. The maximum atomic E-state index is 13.4. The second-order valence-electron chi connectivity index (χ2n) is 4.85. The van der Waals surface area contributed by atoms with Crippen LogP contribution in [0.3, 0.4) is 0 Å². The molecule has 0 aliphatic rings. The highest BCUT2D eigenvalue weighted by Gasteiger charge is 2.13. The van der Waals surface area contributed by atoms with Crippen LogP contribution >= 0.6 is 23.4 Å². The fourth-order valence-electron chi connectivity index (χ4n) is 1.79. The number of rotatable bonds is 7. The van der Waals surface area contributed by atoms with Gasteiger partial charge in [-0.2, -0.15) is 0 Å². The van der Waals surface area contributed by atoms with Crippen LogP contribution in [0.15, 0.2) is 47.4 Å². The first-order valence-corrected chi connectivity index (χ1v) is 8.50. The molecular weight excluding hydrogens is 387 g/mol. The highest BCUT2D eigenvalue weighted by atomic mass is 35.5. The lowest BCUT2D eigenvalue weighted by atomic mass is 10.3. The van der Waals surface area contributed by atoms with Crippen LogP contribution in [0.2, 0.25) is 5.02 Å². The molecule has 0 radical (unpaired) electrons. The van der Waals surface area contributed by atoms with Gasteiger partial charge in [-0.1, -0.05) is 23.7 Å². The van der Waals surface area contributed by atoms with Crippen LogP contribution in [0, 0.1) is 15.9 Å². The Morgan fingerprint density at radius 1 is 1.27 bits per heavy atom. The molecule has 0 bridgehead atoms. The largest absolute Gasteiger partial charge is 0.455 e. The van der Waals surface area contributed by atoms with E-state index in [4.69, 9.17) is 16.3 Å². The molecule has 2 aromatic carbocycles. The van der Waals surface area contributed by atoms with Gasteiger partial charge >= 0.3 is 5.97 Å². The van der Waals surface area contributed by atoms with Crippen molar-refractivity contribution in [3.63, 3.8) is 0 Å². The predicted molar refractivity (Wildman–Crippen MR) is 94.8 cm³/mol. The van der Waals surface area contributed by atoms with Crippen LogP contribution in [0.25, 0.3) is 0 Å². The number of ether oxygens (including phenoxy) is 1. The van der Waals surface area contributed by atoms with Crippen molar-refractivity contribution in [3.05, 3.63) is 63.4 Å². The number of anilines is 1. The van der Waals surface area contributed by atoms with Gasteiger partial charge in [0.2, 0.25) is 0 Å². The van der Waals surface area contributed by atoms with Crippen molar-refractivity contribution in [3.8, 4) is 0 Å². The number of hydrogen-bond donors (Lipinski definition) is 1. The monoisotopic (exact) mass is 398 g/mol. The molecular formula is C16H12ClFN2O5S. The van der Waals surface area contributed by atoms with E-state index in [-0.39, 0.29) is 22.2 Å². The number of nitro benzene ring substituents is 1. The molecule has 0 aliphatic heterocycles. The van der Waals surface area contributed by atoms with Gasteiger partial charge in [-0.25, -0.2) is 4.39 Å². The molecule has 0 saturated heterocycles. The van der Waals surface area contributed by atoms with Crippen LogP contribution in [0.4, 0.5) is 15.8 Å². The number of esters is 1. The summed E-state index contributed by atoms with van der Waals surface area (Å²) < 4.78 is 18.2. The summed E-state index contributed by atoms with van der Waals surface area (Å²) in [6.07, 6.45) is 0. The average molecular weight is 399 g/mol. The quantitative estimate of drug-likeness (QED) is 0.331. The minimum Gasteiger partial charge on any atom is -0.455 e. The molecule has 26 heavy (non-hydrogen) atoms. The van der Waals surface area contributed by atoms with E-state index in [9.17, 15) is 24.1 Å². The lowest BCUT2D eigenvalue weighted by Crippen LogP contribution is -2.21. The molecule has 7 nitrogen and oxygen atoms in total. The summed E-state index contributed by atoms with van der Waals surface area (Å²) in [6.45, 7) is -0.565. The van der Waals surface area contributed by atoms with E-state index >= 15 is 0 Å². The van der Waals surface area contributed by atoms with Crippen LogP contribution < -0.4 is 5.32 Å². The summed E-state index contributed by atoms with van der Waals surface area (Å²) in [5.74, 6) is -1.96. The molecule has 0 spiro atoms. The van der Waals surface area contributed by atoms with Gasteiger partial charge in [0.1, 0.15) is 5.82 Å². The molecule has 0 aliphatic carbocycles. The van der Waals surface area contributed by atoms with Gasteiger partial charge < -0.3 is 10.1 Å². The van der Waals surface area contributed by atoms with E-state index in [0.29, 0.717) is 4.90 Å². The van der Waals surface area contributed by atoms with E-state index in [1.807, 2.05) is 0 Å². The third-order valence-electron chi connectivity index (χ3n) is 2.98. The molecule has 1 amide bonds.